The van der Waals surface area contributed by atoms with E-state index in [1.54, 1.807) is 18.2 Å². The Hall–Kier alpha value is -3.43. The molecule has 1 amide bonds. The molecule has 6 heteroatoms. The van der Waals surface area contributed by atoms with Gasteiger partial charge in [-0.3, -0.25) is 9.59 Å². The molecule has 2 aromatic carbocycles. The molecular formula is C22H19N3O2S. The first-order chi connectivity index (χ1) is 13.3. The summed E-state index contributed by atoms with van der Waals surface area (Å²) in [4.78, 5) is 25.9. The SMILES string of the molecule is Cc1ccc(C(=O)c2sc(NC(=O)c3ccccc3C)c(C#N)c2N)c(C)c1. The topological polar surface area (TPSA) is 96.0 Å². The third-order valence-electron chi connectivity index (χ3n) is 4.51. The van der Waals surface area contributed by atoms with Gasteiger partial charge in [-0.15, -0.1) is 11.3 Å². The van der Waals surface area contributed by atoms with Gasteiger partial charge < -0.3 is 11.1 Å². The number of ketones is 1. The predicted molar refractivity (Wildman–Crippen MR) is 112 cm³/mol. The van der Waals surface area contributed by atoms with Gasteiger partial charge in [0.15, 0.2) is 0 Å². The van der Waals surface area contributed by atoms with Crippen LogP contribution in [0.15, 0.2) is 42.5 Å². The van der Waals surface area contributed by atoms with E-state index in [0.29, 0.717) is 11.1 Å². The summed E-state index contributed by atoms with van der Waals surface area (Å²) in [6, 6.07) is 14.7. The quantitative estimate of drug-likeness (QED) is 0.637. The number of thiophene rings is 1. The van der Waals surface area contributed by atoms with E-state index < -0.39 is 0 Å². The molecule has 0 fully saturated rings. The average molecular weight is 389 g/mol. The highest BCUT2D eigenvalue weighted by molar-refractivity contribution is 7.19. The number of nitrogens with one attached hydrogen (secondary N) is 1. The summed E-state index contributed by atoms with van der Waals surface area (Å²) in [7, 11) is 0. The number of amides is 1. The highest BCUT2D eigenvalue weighted by Gasteiger charge is 2.24. The minimum Gasteiger partial charge on any atom is -0.396 e. The number of benzene rings is 2. The van der Waals surface area contributed by atoms with Crippen LogP contribution in [0, 0.1) is 32.1 Å². The van der Waals surface area contributed by atoms with Gasteiger partial charge in [-0.2, -0.15) is 5.26 Å². The van der Waals surface area contributed by atoms with Crippen LogP contribution in [0.1, 0.15) is 47.8 Å². The summed E-state index contributed by atoms with van der Waals surface area (Å²) in [5, 5.41) is 12.5. The van der Waals surface area contributed by atoms with E-state index in [-0.39, 0.29) is 32.8 Å². The lowest BCUT2D eigenvalue weighted by atomic mass is 10.0. The first-order valence-corrected chi connectivity index (χ1v) is 9.46. The van der Waals surface area contributed by atoms with E-state index in [2.05, 4.69) is 5.32 Å². The summed E-state index contributed by atoms with van der Waals surface area (Å²) >= 11 is 1.03. The maximum absolute atomic E-state index is 13.0. The van der Waals surface area contributed by atoms with Gasteiger partial charge >= 0.3 is 0 Å². The van der Waals surface area contributed by atoms with E-state index in [1.165, 1.54) is 0 Å². The average Bonchev–Trinajstić information content (AvgIpc) is 2.96. The molecule has 0 aliphatic carbocycles. The zero-order chi connectivity index (χ0) is 20.4. The normalized spacial score (nSPS) is 10.4. The molecule has 0 unspecified atom stereocenters. The molecule has 5 nitrogen and oxygen atoms in total. The third-order valence-corrected chi connectivity index (χ3v) is 5.63. The van der Waals surface area contributed by atoms with Gasteiger partial charge in [0.25, 0.3) is 5.91 Å². The summed E-state index contributed by atoms with van der Waals surface area (Å²) < 4.78 is 0. The van der Waals surface area contributed by atoms with Crippen LogP contribution >= 0.6 is 11.3 Å². The Morgan fingerprint density at radius 1 is 1.04 bits per heavy atom. The van der Waals surface area contributed by atoms with Gasteiger partial charge in [0.2, 0.25) is 5.78 Å². The maximum Gasteiger partial charge on any atom is 0.256 e. The van der Waals surface area contributed by atoms with Gasteiger partial charge in [0.05, 0.1) is 5.69 Å². The fourth-order valence-electron chi connectivity index (χ4n) is 3.00. The van der Waals surface area contributed by atoms with Crippen molar-refractivity contribution in [2.24, 2.45) is 0 Å². The number of carbonyl (C=O) groups excluding carboxylic acids is 2. The molecule has 0 spiro atoms. The zero-order valence-electron chi connectivity index (χ0n) is 15.8. The second-order valence-corrected chi connectivity index (χ2v) is 7.60. The Kier molecular flexibility index (Phi) is 5.30. The molecular weight excluding hydrogens is 370 g/mol. The van der Waals surface area contributed by atoms with Crippen LogP contribution in [-0.2, 0) is 0 Å². The van der Waals surface area contributed by atoms with Crippen molar-refractivity contribution >= 4 is 33.7 Å². The lowest BCUT2D eigenvalue weighted by molar-refractivity contribution is 0.102. The lowest BCUT2D eigenvalue weighted by Gasteiger charge is -2.06. The molecule has 0 atom stereocenters. The standard InChI is InChI=1S/C22H19N3O2S/c1-12-8-9-15(14(3)10-12)19(26)20-18(24)17(11-23)22(28-20)25-21(27)16-7-5-4-6-13(16)2/h4-10H,24H2,1-3H3,(H,25,27). The highest BCUT2D eigenvalue weighted by Crippen LogP contribution is 2.37. The number of anilines is 2. The van der Waals surface area contributed by atoms with E-state index in [4.69, 9.17) is 5.73 Å². The number of nitrogens with two attached hydrogens (primary N) is 1. The van der Waals surface area contributed by atoms with Crippen LogP contribution < -0.4 is 11.1 Å². The van der Waals surface area contributed by atoms with Crippen LogP contribution in [0.2, 0.25) is 0 Å². The summed E-state index contributed by atoms with van der Waals surface area (Å²) in [6.07, 6.45) is 0. The van der Waals surface area contributed by atoms with Gasteiger partial charge in [-0.05, 0) is 38.0 Å². The molecule has 3 rings (SSSR count). The van der Waals surface area contributed by atoms with Gasteiger partial charge in [0.1, 0.15) is 21.5 Å². The molecule has 140 valence electrons. The molecule has 0 aliphatic heterocycles. The summed E-state index contributed by atoms with van der Waals surface area (Å²) in [6.45, 7) is 5.64. The fraction of sp³-hybridized carbons (Fsp3) is 0.136. The summed E-state index contributed by atoms with van der Waals surface area (Å²) in [5.74, 6) is -0.603. The van der Waals surface area contributed by atoms with Crippen molar-refractivity contribution < 1.29 is 9.59 Å². The van der Waals surface area contributed by atoms with Crippen molar-refractivity contribution in [3.05, 3.63) is 80.7 Å². The van der Waals surface area contributed by atoms with Gasteiger partial charge in [0, 0.05) is 11.1 Å². The fourth-order valence-corrected chi connectivity index (χ4v) is 4.02. The molecule has 1 aromatic heterocycles. The monoisotopic (exact) mass is 389 g/mol. The number of nitriles is 1. The molecule has 0 saturated heterocycles. The van der Waals surface area contributed by atoms with E-state index >= 15 is 0 Å². The molecule has 0 radical (unpaired) electrons. The number of aryl methyl sites for hydroxylation is 3. The molecule has 3 aromatic rings. The lowest BCUT2D eigenvalue weighted by Crippen LogP contribution is -2.13. The van der Waals surface area contributed by atoms with E-state index in [0.717, 1.165) is 28.0 Å². The van der Waals surface area contributed by atoms with Crippen LogP contribution in [0.4, 0.5) is 10.7 Å². The number of nitrogen functional groups attached to an aromatic ring is 1. The van der Waals surface area contributed by atoms with E-state index in [1.807, 2.05) is 51.1 Å². The van der Waals surface area contributed by atoms with Crippen LogP contribution in [0.25, 0.3) is 0 Å². The van der Waals surface area contributed by atoms with Gasteiger partial charge in [-0.25, -0.2) is 0 Å². The van der Waals surface area contributed by atoms with Crippen molar-refractivity contribution in [3.8, 4) is 6.07 Å². The van der Waals surface area contributed by atoms with E-state index in [9.17, 15) is 14.9 Å². The van der Waals surface area contributed by atoms with Gasteiger partial charge in [-0.1, -0.05) is 42.0 Å². The number of nitrogens with zero attached hydrogens (tertiary/aromatic N) is 1. The maximum atomic E-state index is 13.0. The highest BCUT2D eigenvalue weighted by atomic mass is 32.1. The minimum atomic E-state index is -0.346. The largest absolute Gasteiger partial charge is 0.396 e. The van der Waals surface area contributed by atoms with Crippen molar-refractivity contribution in [1.29, 1.82) is 5.26 Å². The Morgan fingerprint density at radius 2 is 1.75 bits per heavy atom. The molecule has 1 heterocycles. The van der Waals surface area contributed by atoms with Crippen LogP contribution in [0.5, 0.6) is 0 Å². The van der Waals surface area contributed by atoms with Crippen molar-refractivity contribution in [2.75, 3.05) is 11.1 Å². The molecule has 28 heavy (non-hydrogen) atoms. The number of hydrogen-bond acceptors (Lipinski definition) is 5. The molecule has 0 aliphatic rings. The molecule has 3 N–H and O–H groups in total. The zero-order valence-corrected chi connectivity index (χ0v) is 16.6. The number of rotatable bonds is 4. The van der Waals surface area contributed by atoms with Crippen LogP contribution in [0.3, 0.4) is 0 Å². The minimum absolute atomic E-state index is 0.0950. The summed E-state index contributed by atoms with van der Waals surface area (Å²) in [5.41, 5.74) is 10.0. The number of hydrogen-bond donors (Lipinski definition) is 2. The first kappa shape index (κ1) is 19.3. The number of carbonyl (C=O) groups is 2. The molecule has 0 saturated carbocycles. The Morgan fingerprint density at radius 3 is 2.39 bits per heavy atom. The first-order valence-electron chi connectivity index (χ1n) is 8.64. The third kappa shape index (κ3) is 3.53. The van der Waals surface area contributed by atoms with Crippen molar-refractivity contribution in [1.82, 2.24) is 0 Å². The Balaban J connectivity index is 1.99. The smallest absolute Gasteiger partial charge is 0.256 e. The second-order valence-electron chi connectivity index (χ2n) is 6.58. The predicted octanol–water partition coefficient (Wildman–Crippen LogP) is 4.61. The second kappa shape index (κ2) is 7.67. The molecule has 0 bridgehead atoms. The Labute approximate surface area is 167 Å². The van der Waals surface area contributed by atoms with Crippen molar-refractivity contribution in [3.63, 3.8) is 0 Å². The van der Waals surface area contributed by atoms with Crippen molar-refractivity contribution in [2.45, 2.75) is 20.8 Å². The van der Waals surface area contributed by atoms with Crippen LogP contribution in [-0.4, -0.2) is 11.7 Å². The Bertz CT molecular complexity index is 1140.